The van der Waals surface area contributed by atoms with E-state index in [0.717, 1.165) is 4.31 Å². The second-order valence-electron chi connectivity index (χ2n) is 4.31. The van der Waals surface area contributed by atoms with E-state index in [9.17, 15) is 13.2 Å². The Morgan fingerprint density at radius 1 is 1.40 bits per heavy atom. The van der Waals surface area contributed by atoms with Crippen LogP contribution in [0.4, 0.5) is 5.69 Å². The number of nitrogens with two attached hydrogens (primary N) is 1. The Bertz CT molecular complexity index is 584. The fraction of sp³-hybridized carbons (Fsp3) is 0.417. The number of carbonyl (C=O) groups excluding carboxylic acids is 1. The number of hydrogen-bond donors (Lipinski definition) is 2. The fourth-order valence-corrected chi connectivity index (χ4v) is 2.17. The van der Waals surface area contributed by atoms with Crippen LogP contribution in [0, 0.1) is 0 Å². The predicted molar refractivity (Wildman–Crippen MR) is 77.2 cm³/mol. The summed E-state index contributed by atoms with van der Waals surface area (Å²) in [6, 6.07) is 4.68. The van der Waals surface area contributed by atoms with Gasteiger partial charge in [-0.15, -0.1) is 0 Å². The van der Waals surface area contributed by atoms with Crippen molar-refractivity contribution >= 4 is 21.6 Å². The Balaban J connectivity index is 2.64. The Morgan fingerprint density at radius 2 is 2.05 bits per heavy atom. The number of benzene rings is 1. The number of methoxy groups -OCH3 is 1. The highest BCUT2D eigenvalue weighted by atomic mass is 32.2. The van der Waals surface area contributed by atoms with Gasteiger partial charge in [-0.2, -0.15) is 0 Å². The SMILES string of the molecule is COc1ccc(C(=O)NCCS(=O)(=O)N(C)C)c(N)c1. The first-order valence-electron chi connectivity index (χ1n) is 5.90. The van der Waals surface area contributed by atoms with Crippen LogP contribution < -0.4 is 15.8 Å². The summed E-state index contributed by atoms with van der Waals surface area (Å²) in [5, 5.41) is 2.52. The zero-order valence-corrected chi connectivity index (χ0v) is 12.5. The summed E-state index contributed by atoms with van der Waals surface area (Å²) < 4.78 is 29.2. The molecule has 0 aliphatic heterocycles. The molecule has 0 spiro atoms. The van der Waals surface area contributed by atoms with Crippen LogP contribution in [0.3, 0.4) is 0 Å². The monoisotopic (exact) mass is 301 g/mol. The van der Waals surface area contributed by atoms with Crippen molar-refractivity contribution in [2.75, 3.05) is 39.2 Å². The second kappa shape index (κ2) is 6.58. The highest BCUT2D eigenvalue weighted by molar-refractivity contribution is 7.89. The number of nitrogen functional groups attached to an aromatic ring is 1. The molecular weight excluding hydrogens is 282 g/mol. The van der Waals surface area contributed by atoms with E-state index in [4.69, 9.17) is 10.5 Å². The van der Waals surface area contributed by atoms with Gasteiger partial charge in [-0.1, -0.05) is 0 Å². The number of amides is 1. The molecule has 0 bridgehead atoms. The first-order valence-corrected chi connectivity index (χ1v) is 7.50. The molecule has 112 valence electrons. The Labute approximate surface area is 118 Å². The van der Waals surface area contributed by atoms with E-state index in [1.54, 1.807) is 6.07 Å². The van der Waals surface area contributed by atoms with E-state index < -0.39 is 15.9 Å². The van der Waals surface area contributed by atoms with Crippen LogP contribution in [-0.4, -0.2) is 52.1 Å². The topological polar surface area (TPSA) is 102 Å². The highest BCUT2D eigenvalue weighted by Crippen LogP contribution is 2.19. The van der Waals surface area contributed by atoms with Crippen molar-refractivity contribution in [3.05, 3.63) is 23.8 Å². The number of ether oxygens (including phenoxy) is 1. The predicted octanol–water partition coefficient (Wildman–Crippen LogP) is -0.101. The molecular formula is C12H19N3O4S. The number of nitrogens with one attached hydrogen (secondary N) is 1. The molecule has 1 aromatic carbocycles. The summed E-state index contributed by atoms with van der Waals surface area (Å²) in [7, 11) is 1.06. The third-order valence-corrected chi connectivity index (χ3v) is 4.54. The van der Waals surface area contributed by atoms with Crippen molar-refractivity contribution in [3.8, 4) is 5.75 Å². The molecule has 7 nitrogen and oxygen atoms in total. The van der Waals surface area contributed by atoms with Crippen molar-refractivity contribution in [2.24, 2.45) is 0 Å². The van der Waals surface area contributed by atoms with Gasteiger partial charge in [-0.3, -0.25) is 4.79 Å². The van der Waals surface area contributed by atoms with Crippen LogP contribution in [0.15, 0.2) is 18.2 Å². The molecule has 0 heterocycles. The molecule has 0 aromatic heterocycles. The molecule has 20 heavy (non-hydrogen) atoms. The number of rotatable bonds is 6. The number of nitrogens with zero attached hydrogens (tertiary/aromatic N) is 1. The lowest BCUT2D eigenvalue weighted by Crippen LogP contribution is -2.34. The van der Waals surface area contributed by atoms with Gasteiger partial charge in [0.1, 0.15) is 5.75 Å². The smallest absolute Gasteiger partial charge is 0.253 e. The number of sulfonamides is 1. The maximum atomic E-state index is 11.9. The summed E-state index contributed by atoms with van der Waals surface area (Å²) in [6.45, 7) is 0.0187. The lowest BCUT2D eigenvalue weighted by atomic mass is 10.1. The van der Waals surface area contributed by atoms with Gasteiger partial charge in [0.25, 0.3) is 5.91 Å². The summed E-state index contributed by atoms with van der Waals surface area (Å²) in [6.07, 6.45) is 0. The van der Waals surface area contributed by atoms with Gasteiger partial charge in [0.2, 0.25) is 10.0 Å². The molecule has 0 saturated heterocycles. The lowest BCUT2D eigenvalue weighted by Gasteiger charge is -2.12. The molecule has 0 atom stereocenters. The molecule has 0 saturated carbocycles. The van der Waals surface area contributed by atoms with Crippen molar-refractivity contribution < 1.29 is 17.9 Å². The van der Waals surface area contributed by atoms with Crippen LogP contribution in [-0.2, 0) is 10.0 Å². The van der Waals surface area contributed by atoms with Crippen LogP contribution in [0.25, 0.3) is 0 Å². The van der Waals surface area contributed by atoms with Gasteiger partial charge in [0, 0.05) is 32.4 Å². The Hall–Kier alpha value is -1.80. The first kappa shape index (κ1) is 16.3. The fourth-order valence-electron chi connectivity index (χ4n) is 1.45. The molecule has 1 rings (SSSR count). The van der Waals surface area contributed by atoms with Crippen molar-refractivity contribution in [1.82, 2.24) is 9.62 Å². The number of carbonyl (C=O) groups is 1. The van der Waals surface area contributed by atoms with E-state index >= 15 is 0 Å². The minimum Gasteiger partial charge on any atom is -0.497 e. The average molecular weight is 301 g/mol. The normalized spacial score (nSPS) is 11.4. The molecule has 1 aromatic rings. The number of hydrogen-bond acceptors (Lipinski definition) is 5. The van der Waals surface area contributed by atoms with Gasteiger partial charge < -0.3 is 15.8 Å². The first-order chi connectivity index (χ1) is 9.27. The van der Waals surface area contributed by atoms with Gasteiger partial charge >= 0.3 is 0 Å². The van der Waals surface area contributed by atoms with Gasteiger partial charge in [-0.05, 0) is 12.1 Å². The van der Waals surface area contributed by atoms with E-state index in [2.05, 4.69) is 5.32 Å². The van der Waals surface area contributed by atoms with Crippen molar-refractivity contribution in [3.63, 3.8) is 0 Å². The van der Waals surface area contributed by atoms with Gasteiger partial charge in [0.05, 0.1) is 18.4 Å². The third-order valence-electron chi connectivity index (χ3n) is 2.71. The van der Waals surface area contributed by atoms with Crippen LogP contribution in [0.5, 0.6) is 5.75 Å². The van der Waals surface area contributed by atoms with E-state index in [1.165, 1.54) is 33.3 Å². The molecule has 0 unspecified atom stereocenters. The Kier molecular flexibility index (Phi) is 5.34. The van der Waals surface area contributed by atoms with Crippen molar-refractivity contribution in [2.45, 2.75) is 0 Å². The zero-order chi connectivity index (χ0) is 15.3. The summed E-state index contributed by atoms with van der Waals surface area (Å²) >= 11 is 0. The van der Waals surface area contributed by atoms with E-state index in [-0.39, 0.29) is 23.5 Å². The molecule has 0 aliphatic rings. The maximum absolute atomic E-state index is 11.9. The largest absolute Gasteiger partial charge is 0.497 e. The summed E-state index contributed by atoms with van der Waals surface area (Å²) in [5.41, 5.74) is 6.30. The minimum atomic E-state index is -3.33. The second-order valence-corrected chi connectivity index (χ2v) is 6.61. The summed E-state index contributed by atoms with van der Waals surface area (Å²) in [4.78, 5) is 11.9. The quantitative estimate of drug-likeness (QED) is 0.714. The van der Waals surface area contributed by atoms with E-state index in [1.807, 2.05) is 0 Å². The summed E-state index contributed by atoms with van der Waals surface area (Å²) in [5.74, 6) is -0.0322. The van der Waals surface area contributed by atoms with Crippen LogP contribution >= 0.6 is 0 Å². The van der Waals surface area contributed by atoms with Crippen LogP contribution in [0.2, 0.25) is 0 Å². The molecule has 0 aliphatic carbocycles. The third kappa shape index (κ3) is 4.10. The maximum Gasteiger partial charge on any atom is 0.253 e. The minimum absolute atomic E-state index is 0.0187. The Morgan fingerprint density at radius 3 is 2.55 bits per heavy atom. The van der Waals surface area contributed by atoms with Crippen LogP contribution in [0.1, 0.15) is 10.4 Å². The standard InChI is InChI=1S/C12H19N3O4S/c1-15(2)20(17,18)7-6-14-12(16)10-5-4-9(19-3)8-11(10)13/h4-5,8H,6-7,13H2,1-3H3,(H,14,16). The highest BCUT2D eigenvalue weighted by Gasteiger charge is 2.15. The number of anilines is 1. The van der Waals surface area contributed by atoms with Crippen molar-refractivity contribution in [1.29, 1.82) is 0 Å². The molecule has 0 fully saturated rings. The zero-order valence-electron chi connectivity index (χ0n) is 11.7. The average Bonchev–Trinajstić information content (AvgIpc) is 2.37. The molecule has 8 heteroatoms. The molecule has 0 radical (unpaired) electrons. The van der Waals surface area contributed by atoms with Gasteiger partial charge in [-0.25, -0.2) is 12.7 Å². The molecule has 3 N–H and O–H groups in total. The lowest BCUT2D eigenvalue weighted by molar-refractivity contribution is 0.0957. The van der Waals surface area contributed by atoms with Gasteiger partial charge in [0.15, 0.2) is 0 Å². The molecule has 1 amide bonds. The van der Waals surface area contributed by atoms with E-state index in [0.29, 0.717) is 5.75 Å².